The average molecular weight is 402 g/mol. The van der Waals surface area contributed by atoms with Gasteiger partial charge in [0.1, 0.15) is 5.82 Å². The highest BCUT2D eigenvalue weighted by Crippen LogP contribution is 2.34. The van der Waals surface area contributed by atoms with Crippen LogP contribution in [0, 0.1) is 0 Å². The molecule has 4 nitrogen and oxygen atoms in total. The maximum absolute atomic E-state index is 12.8. The first kappa shape index (κ1) is 18.0. The Bertz CT molecular complexity index is 1190. The molecule has 0 aliphatic carbocycles. The van der Waals surface area contributed by atoms with E-state index in [-0.39, 0.29) is 11.8 Å². The Kier molecular flexibility index (Phi) is 4.57. The predicted molar refractivity (Wildman–Crippen MR) is 116 cm³/mol. The molecule has 1 saturated heterocycles. The Morgan fingerprint density at radius 3 is 2.59 bits per heavy atom. The molecule has 0 spiro atoms. The second-order valence-corrected chi connectivity index (χ2v) is 7.85. The molecule has 1 aromatic heterocycles. The summed E-state index contributed by atoms with van der Waals surface area (Å²) < 4.78 is 2.25. The molecule has 3 aromatic carbocycles. The molecule has 0 saturated carbocycles. The Balaban J connectivity index is 1.53. The summed E-state index contributed by atoms with van der Waals surface area (Å²) in [6.07, 6.45) is 0.449. The van der Waals surface area contributed by atoms with Gasteiger partial charge in [0.15, 0.2) is 0 Å². The third-order valence-corrected chi connectivity index (χ3v) is 5.71. The number of rotatable bonds is 4. The number of anilines is 1. The standard InChI is InChI=1S/C24H20ClN3O/c25-19-9-6-10-20(14-19)27-16-18(13-23(27)29)24-26-21-11-4-5-12-22(21)28(24)15-17-7-2-1-3-8-17/h1-12,14,18H,13,15-16H2. The monoisotopic (exact) mass is 401 g/mol. The van der Waals surface area contributed by atoms with Crippen molar-refractivity contribution in [2.45, 2.75) is 18.9 Å². The van der Waals surface area contributed by atoms with Gasteiger partial charge in [0, 0.05) is 36.1 Å². The summed E-state index contributed by atoms with van der Waals surface area (Å²) in [5, 5.41) is 0.634. The maximum Gasteiger partial charge on any atom is 0.227 e. The minimum Gasteiger partial charge on any atom is -0.323 e. The maximum atomic E-state index is 12.8. The molecule has 29 heavy (non-hydrogen) atoms. The lowest BCUT2D eigenvalue weighted by molar-refractivity contribution is -0.117. The summed E-state index contributed by atoms with van der Waals surface area (Å²) in [4.78, 5) is 19.6. The van der Waals surface area contributed by atoms with Crippen LogP contribution in [0.3, 0.4) is 0 Å². The second-order valence-electron chi connectivity index (χ2n) is 7.42. The zero-order valence-corrected chi connectivity index (χ0v) is 16.6. The largest absolute Gasteiger partial charge is 0.323 e. The van der Waals surface area contributed by atoms with Gasteiger partial charge in [0.25, 0.3) is 0 Å². The van der Waals surface area contributed by atoms with Crippen LogP contribution in [0.15, 0.2) is 78.9 Å². The van der Waals surface area contributed by atoms with Crippen molar-refractivity contribution in [2.24, 2.45) is 0 Å². The van der Waals surface area contributed by atoms with E-state index in [1.54, 1.807) is 0 Å². The number of nitrogens with zero attached hydrogens (tertiary/aromatic N) is 3. The first-order valence-corrected chi connectivity index (χ1v) is 10.1. The van der Waals surface area contributed by atoms with E-state index in [1.807, 2.05) is 65.6 Å². The molecule has 5 heteroatoms. The Morgan fingerprint density at radius 1 is 0.966 bits per heavy atom. The van der Waals surface area contributed by atoms with Crippen LogP contribution < -0.4 is 4.90 Å². The van der Waals surface area contributed by atoms with Gasteiger partial charge in [-0.05, 0) is 35.9 Å². The van der Waals surface area contributed by atoms with Crippen LogP contribution in [0.1, 0.15) is 23.7 Å². The molecule has 1 fully saturated rings. The van der Waals surface area contributed by atoms with Gasteiger partial charge in [-0.1, -0.05) is 60.1 Å². The molecular weight excluding hydrogens is 382 g/mol. The summed E-state index contributed by atoms with van der Waals surface area (Å²) in [7, 11) is 0. The molecule has 0 bridgehead atoms. The third kappa shape index (κ3) is 3.40. The zero-order chi connectivity index (χ0) is 19.8. The molecule has 4 aromatic rings. The molecule has 1 aliphatic rings. The van der Waals surface area contributed by atoms with Gasteiger partial charge in [-0.25, -0.2) is 4.98 Å². The lowest BCUT2D eigenvalue weighted by atomic mass is 10.1. The van der Waals surface area contributed by atoms with Gasteiger partial charge in [0.05, 0.1) is 11.0 Å². The first-order valence-electron chi connectivity index (χ1n) is 9.74. The lowest BCUT2D eigenvalue weighted by Crippen LogP contribution is -2.24. The SMILES string of the molecule is O=C1CC(c2nc3ccccc3n2Cc2ccccc2)CN1c1cccc(Cl)c1. The summed E-state index contributed by atoms with van der Waals surface area (Å²) in [6, 6.07) is 26.0. The van der Waals surface area contributed by atoms with E-state index in [2.05, 4.69) is 22.8 Å². The minimum absolute atomic E-state index is 0.0394. The Hall–Kier alpha value is -3.11. The van der Waals surface area contributed by atoms with Crippen molar-refractivity contribution in [3.63, 3.8) is 0 Å². The van der Waals surface area contributed by atoms with Gasteiger partial charge in [0.2, 0.25) is 5.91 Å². The summed E-state index contributed by atoms with van der Waals surface area (Å²) in [5.41, 5.74) is 4.12. The Labute approximate surface area is 174 Å². The number of benzene rings is 3. The van der Waals surface area contributed by atoms with Crippen molar-refractivity contribution in [1.29, 1.82) is 0 Å². The van der Waals surface area contributed by atoms with Crippen LogP contribution in [0.2, 0.25) is 5.02 Å². The summed E-state index contributed by atoms with van der Waals surface area (Å²) in [6.45, 7) is 1.34. The number of para-hydroxylation sites is 2. The van der Waals surface area contributed by atoms with E-state index >= 15 is 0 Å². The quantitative estimate of drug-likeness (QED) is 0.468. The molecule has 1 aliphatic heterocycles. The van der Waals surface area contributed by atoms with Crippen molar-refractivity contribution in [3.05, 3.63) is 95.3 Å². The van der Waals surface area contributed by atoms with Gasteiger partial charge in [-0.15, -0.1) is 0 Å². The molecule has 2 heterocycles. The number of hydrogen-bond acceptors (Lipinski definition) is 2. The van der Waals surface area contributed by atoms with Crippen molar-refractivity contribution in [1.82, 2.24) is 9.55 Å². The fraction of sp³-hybridized carbons (Fsp3) is 0.167. The normalized spacial score (nSPS) is 16.7. The zero-order valence-electron chi connectivity index (χ0n) is 15.8. The number of fused-ring (bicyclic) bond motifs is 1. The number of halogens is 1. The highest BCUT2D eigenvalue weighted by molar-refractivity contribution is 6.30. The van der Waals surface area contributed by atoms with E-state index in [1.165, 1.54) is 5.56 Å². The van der Waals surface area contributed by atoms with Crippen LogP contribution in [0.25, 0.3) is 11.0 Å². The second kappa shape index (κ2) is 7.37. The smallest absolute Gasteiger partial charge is 0.227 e. The molecule has 144 valence electrons. The summed E-state index contributed by atoms with van der Waals surface area (Å²) in [5.74, 6) is 1.11. The average Bonchev–Trinajstić information content (AvgIpc) is 3.30. The van der Waals surface area contributed by atoms with Gasteiger partial charge in [-0.2, -0.15) is 0 Å². The third-order valence-electron chi connectivity index (χ3n) is 5.48. The molecule has 1 amide bonds. The van der Waals surface area contributed by atoms with Crippen molar-refractivity contribution >= 4 is 34.2 Å². The predicted octanol–water partition coefficient (Wildman–Crippen LogP) is 5.26. The van der Waals surface area contributed by atoms with E-state index in [4.69, 9.17) is 16.6 Å². The highest BCUT2D eigenvalue weighted by Gasteiger charge is 2.34. The number of amides is 1. The van der Waals surface area contributed by atoms with E-state index in [0.29, 0.717) is 18.0 Å². The van der Waals surface area contributed by atoms with Crippen molar-refractivity contribution in [2.75, 3.05) is 11.4 Å². The van der Waals surface area contributed by atoms with Crippen molar-refractivity contribution < 1.29 is 4.79 Å². The summed E-state index contributed by atoms with van der Waals surface area (Å²) >= 11 is 6.14. The lowest BCUT2D eigenvalue weighted by Gasteiger charge is -2.18. The van der Waals surface area contributed by atoms with Crippen LogP contribution in [0.4, 0.5) is 5.69 Å². The Morgan fingerprint density at radius 2 is 1.76 bits per heavy atom. The van der Waals surface area contributed by atoms with Crippen LogP contribution in [-0.4, -0.2) is 22.0 Å². The molecule has 5 rings (SSSR count). The number of imidazole rings is 1. The van der Waals surface area contributed by atoms with Crippen LogP contribution >= 0.6 is 11.6 Å². The number of carbonyl (C=O) groups excluding carboxylic acids is 1. The molecule has 0 radical (unpaired) electrons. The molecule has 1 atom stereocenters. The fourth-order valence-electron chi connectivity index (χ4n) is 4.11. The first-order chi connectivity index (χ1) is 14.2. The van der Waals surface area contributed by atoms with E-state index in [9.17, 15) is 4.79 Å². The van der Waals surface area contributed by atoms with E-state index < -0.39 is 0 Å². The number of hydrogen-bond donors (Lipinski definition) is 0. The van der Waals surface area contributed by atoms with Crippen molar-refractivity contribution in [3.8, 4) is 0 Å². The van der Waals surface area contributed by atoms with E-state index in [0.717, 1.165) is 29.1 Å². The minimum atomic E-state index is 0.0394. The number of aromatic nitrogens is 2. The topological polar surface area (TPSA) is 38.1 Å². The number of carbonyl (C=O) groups is 1. The van der Waals surface area contributed by atoms with Crippen LogP contribution in [-0.2, 0) is 11.3 Å². The van der Waals surface area contributed by atoms with Gasteiger partial charge in [-0.3, -0.25) is 4.79 Å². The molecule has 1 unspecified atom stereocenters. The fourth-order valence-corrected chi connectivity index (χ4v) is 4.30. The van der Waals surface area contributed by atoms with Gasteiger partial charge >= 0.3 is 0 Å². The highest BCUT2D eigenvalue weighted by atomic mass is 35.5. The van der Waals surface area contributed by atoms with Crippen LogP contribution in [0.5, 0.6) is 0 Å². The molecular formula is C24H20ClN3O. The van der Waals surface area contributed by atoms with Gasteiger partial charge < -0.3 is 9.47 Å². The molecule has 0 N–H and O–H groups in total.